The summed E-state index contributed by atoms with van der Waals surface area (Å²) < 4.78 is 16.7. The number of anilines is 1. The lowest BCUT2D eigenvalue weighted by Gasteiger charge is -2.19. The van der Waals surface area contributed by atoms with Crippen LogP contribution in [0.25, 0.3) is 22.4 Å². The zero-order valence-corrected chi connectivity index (χ0v) is 22.0. The summed E-state index contributed by atoms with van der Waals surface area (Å²) >= 11 is 0. The highest BCUT2D eigenvalue weighted by molar-refractivity contribution is 5.79. The smallest absolute Gasteiger partial charge is 0.347 e. The van der Waals surface area contributed by atoms with Crippen LogP contribution in [-0.4, -0.2) is 25.6 Å². The molecule has 7 nitrogen and oxygen atoms in total. The quantitative estimate of drug-likeness (QED) is 0.343. The van der Waals surface area contributed by atoms with Gasteiger partial charge in [-0.1, -0.05) is 6.07 Å². The molecule has 39 heavy (non-hydrogen) atoms. The number of carboxylic acids is 1. The van der Waals surface area contributed by atoms with E-state index in [0.717, 1.165) is 57.6 Å². The summed E-state index contributed by atoms with van der Waals surface area (Å²) in [5, 5.41) is 12.6. The molecule has 3 atom stereocenters. The van der Waals surface area contributed by atoms with E-state index in [0.29, 0.717) is 17.7 Å². The second-order valence-corrected chi connectivity index (χ2v) is 10.7. The zero-order chi connectivity index (χ0) is 27.4. The van der Waals surface area contributed by atoms with Crippen LogP contribution in [0.2, 0.25) is 0 Å². The van der Waals surface area contributed by atoms with Gasteiger partial charge in [-0.15, -0.1) is 0 Å². The molecule has 2 aliphatic carbocycles. The standard InChI is InChI=1S/C31H29FN4O3/c1-16-12-18(25-10-11-36(3)31(39)35-25)13-17(2)28(16)20-5-7-24(32)29-21(20)6-9-27(29)34-19-4-8-26(33-15-19)22-14-23(22)30(37)38/h4-5,7-8,10-13,15,22-23,27,34H,6,9,14H2,1-3H3,(H,37,38)/t22-,23-,27+/m0/s1. The predicted molar refractivity (Wildman–Crippen MR) is 147 cm³/mol. The Morgan fingerprint density at radius 3 is 2.54 bits per heavy atom. The molecule has 2 heterocycles. The summed E-state index contributed by atoms with van der Waals surface area (Å²) in [5.74, 6) is -1.38. The molecule has 0 radical (unpaired) electrons. The molecule has 0 bridgehead atoms. The summed E-state index contributed by atoms with van der Waals surface area (Å²) in [6.45, 7) is 4.07. The van der Waals surface area contributed by atoms with Gasteiger partial charge in [0.15, 0.2) is 0 Å². The van der Waals surface area contributed by atoms with Crippen molar-refractivity contribution in [1.82, 2.24) is 14.5 Å². The Bertz CT molecular complexity index is 1660. The average molecular weight is 525 g/mol. The molecule has 1 fully saturated rings. The third kappa shape index (κ3) is 4.50. The van der Waals surface area contributed by atoms with Crippen LogP contribution < -0.4 is 11.0 Å². The van der Waals surface area contributed by atoms with Gasteiger partial charge in [0.2, 0.25) is 0 Å². The van der Waals surface area contributed by atoms with E-state index in [4.69, 9.17) is 0 Å². The molecule has 0 aliphatic heterocycles. The van der Waals surface area contributed by atoms with Crippen LogP contribution in [0.4, 0.5) is 10.1 Å². The molecule has 2 N–H and O–H groups in total. The lowest BCUT2D eigenvalue weighted by molar-refractivity contribution is -0.138. The molecule has 198 valence electrons. The topological polar surface area (TPSA) is 97.1 Å². The van der Waals surface area contributed by atoms with Gasteiger partial charge in [-0.3, -0.25) is 9.78 Å². The Morgan fingerprint density at radius 1 is 1.13 bits per heavy atom. The number of rotatable bonds is 6. The van der Waals surface area contributed by atoms with Crippen molar-refractivity contribution in [3.63, 3.8) is 0 Å². The number of aliphatic carboxylic acids is 1. The van der Waals surface area contributed by atoms with Crippen molar-refractivity contribution in [2.45, 2.75) is 45.1 Å². The molecule has 0 saturated heterocycles. The minimum absolute atomic E-state index is 0.0235. The summed E-state index contributed by atoms with van der Waals surface area (Å²) in [4.78, 5) is 31.9. The van der Waals surface area contributed by atoms with Crippen molar-refractivity contribution >= 4 is 11.7 Å². The average Bonchev–Trinajstić information content (AvgIpc) is 3.61. The molecule has 4 aromatic rings. The van der Waals surface area contributed by atoms with Crippen LogP contribution in [0.5, 0.6) is 0 Å². The van der Waals surface area contributed by atoms with Crippen molar-refractivity contribution in [3.8, 4) is 22.4 Å². The molecule has 0 spiro atoms. The first-order valence-electron chi connectivity index (χ1n) is 13.1. The maximum atomic E-state index is 15.2. The number of pyridine rings is 1. The van der Waals surface area contributed by atoms with Crippen molar-refractivity contribution in [3.05, 3.63) is 99.1 Å². The zero-order valence-electron chi connectivity index (χ0n) is 22.0. The van der Waals surface area contributed by atoms with Gasteiger partial charge >= 0.3 is 11.7 Å². The van der Waals surface area contributed by atoms with Gasteiger partial charge in [0.1, 0.15) is 5.82 Å². The third-order valence-electron chi connectivity index (χ3n) is 8.02. The molecule has 2 aromatic carbocycles. The van der Waals surface area contributed by atoms with Gasteiger partial charge in [0.25, 0.3) is 0 Å². The Labute approximate surface area is 225 Å². The fourth-order valence-electron chi connectivity index (χ4n) is 5.96. The number of aromatic nitrogens is 3. The number of hydrogen-bond acceptors (Lipinski definition) is 5. The highest BCUT2D eigenvalue weighted by atomic mass is 19.1. The minimum atomic E-state index is -0.777. The van der Waals surface area contributed by atoms with Crippen molar-refractivity contribution in [1.29, 1.82) is 0 Å². The number of hydrogen-bond donors (Lipinski definition) is 2. The minimum Gasteiger partial charge on any atom is -0.481 e. The maximum absolute atomic E-state index is 15.2. The first kappa shape index (κ1) is 25.0. The van der Waals surface area contributed by atoms with E-state index >= 15 is 4.39 Å². The van der Waals surface area contributed by atoms with E-state index in [1.807, 2.05) is 50.2 Å². The molecular formula is C31H29FN4O3. The van der Waals surface area contributed by atoms with Crippen LogP contribution in [0.3, 0.4) is 0 Å². The van der Waals surface area contributed by atoms with Gasteiger partial charge in [-0.05, 0) is 97.3 Å². The van der Waals surface area contributed by atoms with Crippen LogP contribution in [-0.2, 0) is 18.3 Å². The summed E-state index contributed by atoms with van der Waals surface area (Å²) in [7, 11) is 1.67. The van der Waals surface area contributed by atoms with Crippen molar-refractivity contribution in [2.75, 3.05) is 5.32 Å². The molecule has 1 saturated carbocycles. The highest BCUT2D eigenvalue weighted by Gasteiger charge is 2.45. The number of aryl methyl sites for hydroxylation is 3. The number of halogens is 1. The van der Waals surface area contributed by atoms with E-state index in [1.165, 1.54) is 4.57 Å². The number of benzene rings is 2. The Kier molecular flexibility index (Phi) is 6.05. The lowest BCUT2D eigenvalue weighted by Crippen LogP contribution is -2.19. The predicted octanol–water partition coefficient (Wildman–Crippen LogP) is 5.55. The van der Waals surface area contributed by atoms with Gasteiger partial charge in [-0.2, -0.15) is 4.98 Å². The fourth-order valence-corrected chi connectivity index (χ4v) is 5.96. The number of nitrogens with one attached hydrogen (secondary N) is 1. The van der Waals surface area contributed by atoms with Gasteiger partial charge in [-0.25, -0.2) is 9.18 Å². The monoisotopic (exact) mass is 524 g/mol. The molecule has 0 amide bonds. The first-order chi connectivity index (χ1) is 18.7. The summed E-state index contributed by atoms with van der Waals surface area (Å²) in [6.07, 6.45) is 5.54. The van der Waals surface area contributed by atoms with Gasteiger partial charge in [0, 0.05) is 36.0 Å². The summed E-state index contributed by atoms with van der Waals surface area (Å²) in [5.41, 5.74) is 8.63. The molecule has 6 rings (SSSR count). The van der Waals surface area contributed by atoms with Crippen molar-refractivity contribution < 1.29 is 14.3 Å². The number of fused-ring (bicyclic) bond motifs is 1. The van der Waals surface area contributed by atoms with E-state index in [9.17, 15) is 14.7 Å². The Balaban J connectivity index is 1.29. The first-order valence-corrected chi connectivity index (χ1v) is 13.1. The number of nitrogens with zero attached hydrogens (tertiary/aromatic N) is 3. The normalized spacial score (nSPS) is 19.5. The van der Waals surface area contributed by atoms with E-state index < -0.39 is 5.97 Å². The largest absolute Gasteiger partial charge is 0.481 e. The lowest BCUT2D eigenvalue weighted by atomic mass is 9.88. The van der Waals surface area contributed by atoms with Crippen molar-refractivity contribution in [2.24, 2.45) is 13.0 Å². The molecule has 2 aromatic heterocycles. The SMILES string of the molecule is Cc1cc(-c2ccn(C)c(=O)n2)cc(C)c1-c1ccc(F)c2c1CC[C@H]2Nc1ccc([C@H]2C[C@@H]2C(=O)O)nc1. The Morgan fingerprint density at radius 2 is 1.90 bits per heavy atom. The van der Waals surface area contributed by atoms with Gasteiger partial charge in [0.05, 0.1) is 29.5 Å². The molecule has 2 aliphatic rings. The second-order valence-electron chi connectivity index (χ2n) is 10.7. The number of carbonyl (C=O) groups is 1. The maximum Gasteiger partial charge on any atom is 0.347 e. The van der Waals surface area contributed by atoms with Crippen LogP contribution in [0.15, 0.2) is 59.7 Å². The second kappa shape index (κ2) is 9.45. The van der Waals surface area contributed by atoms with Gasteiger partial charge < -0.3 is 15.0 Å². The van der Waals surface area contributed by atoms with E-state index in [2.05, 4.69) is 15.3 Å². The molecule has 0 unspecified atom stereocenters. The van der Waals surface area contributed by atoms with E-state index in [1.54, 1.807) is 25.5 Å². The third-order valence-corrected chi connectivity index (χ3v) is 8.02. The Hall–Kier alpha value is -4.33. The van der Waals surface area contributed by atoms with Crippen LogP contribution in [0, 0.1) is 25.6 Å². The van der Waals surface area contributed by atoms with E-state index in [-0.39, 0.29) is 29.4 Å². The molecular weight excluding hydrogens is 495 g/mol. The number of carboxylic acid groups (broad SMARTS) is 1. The fraction of sp³-hybridized carbons (Fsp3) is 0.290. The molecule has 8 heteroatoms. The van der Waals surface area contributed by atoms with Crippen LogP contribution >= 0.6 is 0 Å². The van der Waals surface area contributed by atoms with Crippen LogP contribution in [0.1, 0.15) is 52.7 Å². The highest BCUT2D eigenvalue weighted by Crippen LogP contribution is 2.47. The summed E-state index contributed by atoms with van der Waals surface area (Å²) in [6, 6.07) is 12.9.